The van der Waals surface area contributed by atoms with Gasteiger partial charge in [-0.3, -0.25) is 19.1 Å². The number of benzene rings is 1. The molecule has 0 unspecified atom stereocenters. The molecular formula is C18H24N6O3. The van der Waals surface area contributed by atoms with E-state index in [-0.39, 0.29) is 5.54 Å². The van der Waals surface area contributed by atoms with Crippen molar-refractivity contribution in [3.63, 3.8) is 0 Å². The Bertz CT molecular complexity index is 784. The van der Waals surface area contributed by atoms with Gasteiger partial charge in [-0.15, -0.1) is 10.2 Å². The SMILES string of the molecule is CC(C)(CNC(=O)C(=O)Nc1cccc(-n2cnnc2)c1)N1CCOCC1. The van der Waals surface area contributed by atoms with Crippen LogP contribution in [0, 0.1) is 0 Å². The number of amides is 2. The highest BCUT2D eigenvalue weighted by molar-refractivity contribution is 6.39. The normalized spacial score (nSPS) is 15.3. The summed E-state index contributed by atoms with van der Waals surface area (Å²) >= 11 is 0. The molecule has 2 N–H and O–H groups in total. The minimum atomic E-state index is -0.700. The number of ether oxygens (including phenoxy) is 1. The molecule has 9 nitrogen and oxygen atoms in total. The Hall–Kier alpha value is -2.78. The zero-order valence-corrected chi connectivity index (χ0v) is 15.5. The van der Waals surface area contributed by atoms with Gasteiger partial charge in [-0.25, -0.2) is 0 Å². The average molecular weight is 372 g/mol. The molecule has 0 aliphatic carbocycles. The molecule has 1 fully saturated rings. The van der Waals surface area contributed by atoms with Crippen LogP contribution in [0.5, 0.6) is 0 Å². The summed E-state index contributed by atoms with van der Waals surface area (Å²) in [6, 6.07) is 7.09. The van der Waals surface area contributed by atoms with Crippen LogP contribution in [0.25, 0.3) is 5.69 Å². The Morgan fingerprint density at radius 2 is 1.85 bits per heavy atom. The molecule has 144 valence electrons. The van der Waals surface area contributed by atoms with Gasteiger partial charge in [-0.1, -0.05) is 6.07 Å². The molecule has 0 saturated carbocycles. The summed E-state index contributed by atoms with van der Waals surface area (Å²) in [5, 5.41) is 12.9. The molecule has 0 bridgehead atoms. The Morgan fingerprint density at radius 3 is 2.56 bits per heavy atom. The lowest BCUT2D eigenvalue weighted by Gasteiger charge is -2.40. The van der Waals surface area contributed by atoms with E-state index < -0.39 is 11.8 Å². The largest absolute Gasteiger partial charge is 0.379 e. The van der Waals surface area contributed by atoms with Gasteiger partial charge in [-0.05, 0) is 32.0 Å². The van der Waals surface area contributed by atoms with E-state index in [1.807, 2.05) is 19.9 Å². The summed E-state index contributed by atoms with van der Waals surface area (Å²) in [5.74, 6) is -1.36. The lowest BCUT2D eigenvalue weighted by Crippen LogP contribution is -2.56. The van der Waals surface area contributed by atoms with Crippen LogP contribution in [0.4, 0.5) is 5.69 Å². The molecule has 1 aromatic carbocycles. The van der Waals surface area contributed by atoms with E-state index in [0.717, 1.165) is 18.8 Å². The molecule has 0 atom stereocenters. The first-order valence-electron chi connectivity index (χ1n) is 8.83. The fraction of sp³-hybridized carbons (Fsp3) is 0.444. The number of carbonyl (C=O) groups excluding carboxylic acids is 2. The fourth-order valence-electron chi connectivity index (χ4n) is 2.92. The van der Waals surface area contributed by atoms with Crippen molar-refractivity contribution < 1.29 is 14.3 Å². The molecule has 1 aliphatic rings. The maximum Gasteiger partial charge on any atom is 0.313 e. The van der Waals surface area contributed by atoms with Crippen molar-refractivity contribution in [2.75, 3.05) is 38.2 Å². The van der Waals surface area contributed by atoms with Crippen molar-refractivity contribution in [3.8, 4) is 5.69 Å². The van der Waals surface area contributed by atoms with E-state index in [0.29, 0.717) is 25.4 Å². The molecule has 2 heterocycles. The topological polar surface area (TPSA) is 101 Å². The van der Waals surface area contributed by atoms with Gasteiger partial charge in [0, 0.05) is 30.9 Å². The maximum absolute atomic E-state index is 12.2. The number of aromatic nitrogens is 3. The quantitative estimate of drug-likeness (QED) is 0.739. The number of nitrogens with zero attached hydrogens (tertiary/aromatic N) is 4. The molecule has 27 heavy (non-hydrogen) atoms. The molecule has 2 aromatic rings. The molecule has 3 rings (SSSR count). The molecule has 0 spiro atoms. The van der Waals surface area contributed by atoms with Crippen molar-refractivity contribution in [2.45, 2.75) is 19.4 Å². The van der Waals surface area contributed by atoms with Gasteiger partial charge in [0.15, 0.2) is 0 Å². The van der Waals surface area contributed by atoms with Gasteiger partial charge in [-0.2, -0.15) is 0 Å². The predicted molar refractivity (Wildman–Crippen MR) is 99.5 cm³/mol. The highest BCUT2D eigenvalue weighted by Crippen LogP contribution is 2.16. The van der Waals surface area contributed by atoms with Crippen molar-refractivity contribution in [1.29, 1.82) is 0 Å². The highest BCUT2D eigenvalue weighted by atomic mass is 16.5. The first kappa shape index (κ1) is 19.0. The molecule has 2 amide bonds. The summed E-state index contributed by atoms with van der Waals surface area (Å²) in [7, 11) is 0. The number of anilines is 1. The van der Waals surface area contributed by atoms with Crippen LogP contribution in [-0.2, 0) is 14.3 Å². The Balaban J connectivity index is 1.55. The number of nitrogens with one attached hydrogen (secondary N) is 2. The van der Waals surface area contributed by atoms with Gasteiger partial charge < -0.3 is 15.4 Å². The zero-order valence-electron chi connectivity index (χ0n) is 15.5. The summed E-state index contributed by atoms with van der Waals surface area (Å²) in [6.45, 7) is 7.44. The number of morpholine rings is 1. The number of hydrogen-bond donors (Lipinski definition) is 2. The second-order valence-corrected chi connectivity index (χ2v) is 6.97. The molecule has 1 aliphatic heterocycles. The Kier molecular flexibility index (Phi) is 5.82. The van der Waals surface area contributed by atoms with Crippen LogP contribution in [0.1, 0.15) is 13.8 Å². The summed E-state index contributed by atoms with van der Waals surface area (Å²) in [5.41, 5.74) is 1.05. The van der Waals surface area contributed by atoms with E-state index in [2.05, 4.69) is 25.7 Å². The minimum Gasteiger partial charge on any atom is -0.379 e. The van der Waals surface area contributed by atoms with Crippen molar-refractivity contribution in [2.24, 2.45) is 0 Å². The second kappa shape index (κ2) is 8.28. The second-order valence-electron chi connectivity index (χ2n) is 6.97. The molecule has 0 radical (unpaired) electrons. The third kappa shape index (κ3) is 4.89. The van der Waals surface area contributed by atoms with Crippen molar-refractivity contribution in [3.05, 3.63) is 36.9 Å². The average Bonchev–Trinajstić information content (AvgIpc) is 3.22. The van der Waals surface area contributed by atoms with Crippen LogP contribution >= 0.6 is 0 Å². The van der Waals surface area contributed by atoms with E-state index in [4.69, 9.17) is 4.74 Å². The Labute approximate surface area is 157 Å². The fourth-order valence-corrected chi connectivity index (χ4v) is 2.92. The predicted octanol–water partition coefficient (Wildman–Crippen LogP) is 0.433. The van der Waals surface area contributed by atoms with Crippen LogP contribution in [-0.4, -0.2) is 69.9 Å². The van der Waals surface area contributed by atoms with Gasteiger partial charge in [0.2, 0.25) is 0 Å². The summed E-state index contributed by atoms with van der Waals surface area (Å²) in [4.78, 5) is 26.7. The standard InChI is InChI=1S/C18H24N6O3/c1-18(2,24-6-8-27-9-7-24)11-19-16(25)17(26)22-14-4-3-5-15(10-14)23-12-20-21-13-23/h3-5,10,12-13H,6-9,11H2,1-2H3,(H,19,25)(H,22,26). The lowest BCUT2D eigenvalue weighted by molar-refractivity contribution is -0.136. The Morgan fingerprint density at radius 1 is 1.15 bits per heavy atom. The first-order chi connectivity index (χ1) is 13.0. The first-order valence-corrected chi connectivity index (χ1v) is 8.83. The van der Waals surface area contributed by atoms with Crippen molar-refractivity contribution in [1.82, 2.24) is 25.0 Å². The van der Waals surface area contributed by atoms with Crippen LogP contribution in [0.3, 0.4) is 0 Å². The number of rotatable bonds is 5. The minimum absolute atomic E-state index is 0.256. The maximum atomic E-state index is 12.2. The third-order valence-electron chi connectivity index (χ3n) is 4.58. The van der Waals surface area contributed by atoms with Crippen LogP contribution in [0.15, 0.2) is 36.9 Å². The zero-order chi connectivity index (χ0) is 19.3. The molecule has 1 saturated heterocycles. The van der Waals surface area contributed by atoms with E-state index >= 15 is 0 Å². The van der Waals surface area contributed by atoms with Gasteiger partial charge in [0.1, 0.15) is 12.7 Å². The molecule has 9 heteroatoms. The monoisotopic (exact) mass is 372 g/mol. The van der Waals surface area contributed by atoms with Gasteiger partial charge in [0.05, 0.1) is 18.9 Å². The number of hydrogen-bond acceptors (Lipinski definition) is 6. The van der Waals surface area contributed by atoms with Crippen LogP contribution < -0.4 is 10.6 Å². The van der Waals surface area contributed by atoms with Gasteiger partial charge in [0.25, 0.3) is 0 Å². The molecule has 1 aromatic heterocycles. The van der Waals surface area contributed by atoms with E-state index in [9.17, 15) is 9.59 Å². The summed E-state index contributed by atoms with van der Waals surface area (Å²) in [6.07, 6.45) is 3.11. The van der Waals surface area contributed by atoms with Gasteiger partial charge >= 0.3 is 11.8 Å². The smallest absolute Gasteiger partial charge is 0.313 e. The van der Waals surface area contributed by atoms with Crippen LogP contribution in [0.2, 0.25) is 0 Å². The molecular weight excluding hydrogens is 348 g/mol. The number of carbonyl (C=O) groups is 2. The van der Waals surface area contributed by atoms with E-state index in [1.54, 1.807) is 35.4 Å². The van der Waals surface area contributed by atoms with Crippen molar-refractivity contribution >= 4 is 17.5 Å². The highest BCUT2D eigenvalue weighted by Gasteiger charge is 2.29. The third-order valence-corrected chi connectivity index (χ3v) is 4.58. The lowest BCUT2D eigenvalue weighted by atomic mass is 10.0. The summed E-state index contributed by atoms with van der Waals surface area (Å²) < 4.78 is 7.07. The van der Waals surface area contributed by atoms with E-state index in [1.165, 1.54) is 0 Å².